The van der Waals surface area contributed by atoms with Gasteiger partial charge >= 0.3 is 12.4 Å². The number of aliphatic hydroxyl groups is 1. The molecule has 4 rings (SSSR count). The number of alkyl halides is 6. The highest BCUT2D eigenvalue weighted by atomic mass is 19.4. The van der Waals surface area contributed by atoms with E-state index >= 15 is 0 Å². The first-order chi connectivity index (χ1) is 20.6. The van der Waals surface area contributed by atoms with Gasteiger partial charge in [-0.3, -0.25) is 4.79 Å². The van der Waals surface area contributed by atoms with Crippen LogP contribution in [-0.4, -0.2) is 48.0 Å². The molecule has 2 aliphatic heterocycles. The number of aryl methyl sites for hydroxylation is 1. The van der Waals surface area contributed by atoms with Crippen LogP contribution in [0.5, 0.6) is 0 Å². The van der Waals surface area contributed by atoms with Gasteiger partial charge in [-0.2, -0.15) is 26.3 Å². The minimum Gasteiger partial charge on any atom is -0.393 e. The van der Waals surface area contributed by atoms with Crippen LogP contribution in [0.2, 0.25) is 0 Å². The number of carbonyl (C=O) groups excluding carboxylic acids is 1. The summed E-state index contributed by atoms with van der Waals surface area (Å²) in [6.07, 6.45) is -9.98. The third-order valence-corrected chi connectivity index (χ3v) is 8.63. The Kier molecular flexibility index (Phi) is 10.7. The maximum Gasteiger partial charge on any atom is 0.416 e. The predicted molar refractivity (Wildman–Crippen MR) is 148 cm³/mol. The summed E-state index contributed by atoms with van der Waals surface area (Å²) in [6, 6.07) is 5.52. The third kappa shape index (κ3) is 8.11. The monoisotopic (exact) mass is 633 g/mol. The number of likely N-dealkylation sites (tertiary alicyclic amines) is 1. The van der Waals surface area contributed by atoms with Crippen LogP contribution < -0.4 is 0 Å². The maximum atomic E-state index is 14.1. The quantitative estimate of drug-likeness (QED) is 0.272. The molecule has 2 saturated heterocycles. The van der Waals surface area contributed by atoms with Crippen molar-refractivity contribution in [3.05, 3.63) is 70.0 Å². The van der Waals surface area contributed by atoms with Crippen LogP contribution in [0.15, 0.2) is 36.4 Å². The summed E-state index contributed by atoms with van der Waals surface area (Å²) in [5.41, 5.74) is -1.97. The fraction of sp³-hybridized carbons (Fsp3) is 0.594. The number of hydrogen-bond acceptors (Lipinski definition) is 4. The van der Waals surface area contributed by atoms with Crippen molar-refractivity contribution in [3.63, 3.8) is 0 Å². The number of fused-ring (bicyclic) bond motifs is 1. The van der Waals surface area contributed by atoms with Crippen molar-refractivity contribution in [2.45, 2.75) is 89.6 Å². The molecule has 6 atom stereocenters. The zero-order valence-electron chi connectivity index (χ0n) is 24.8. The molecule has 0 aliphatic carbocycles. The van der Waals surface area contributed by atoms with Gasteiger partial charge in [-0.05, 0) is 86.1 Å². The Hall–Kier alpha value is -2.70. The van der Waals surface area contributed by atoms with E-state index in [1.165, 1.54) is 19.1 Å². The largest absolute Gasteiger partial charge is 0.416 e. The first-order valence-electron chi connectivity index (χ1n) is 14.9. The van der Waals surface area contributed by atoms with Crippen molar-refractivity contribution in [1.82, 2.24) is 4.90 Å². The van der Waals surface area contributed by atoms with Crippen molar-refractivity contribution in [3.8, 4) is 0 Å². The summed E-state index contributed by atoms with van der Waals surface area (Å²) < 4.78 is 107. The molecule has 2 aliphatic rings. The van der Waals surface area contributed by atoms with Gasteiger partial charge in [0.1, 0.15) is 5.82 Å². The van der Waals surface area contributed by atoms with Gasteiger partial charge in [0.05, 0.1) is 29.9 Å². The van der Waals surface area contributed by atoms with Gasteiger partial charge in [-0.25, -0.2) is 4.39 Å². The third-order valence-electron chi connectivity index (χ3n) is 8.63. The number of amides is 1. The Morgan fingerprint density at radius 2 is 1.70 bits per heavy atom. The normalized spacial score (nSPS) is 23.8. The van der Waals surface area contributed by atoms with Crippen LogP contribution in [0, 0.1) is 24.6 Å². The molecule has 244 valence electrons. The molecule has 12 heteroatoms. The van der Waals surface area contributed by atoms with Crippen molar-refractivity contribution < 1.29 is 50.1 Å². The van der Waals surface area contributed by atoms with Crippen LogP contribution >= 0.6 is 0 Å². The van der Waals surface area contributed by atoms with E-state index in [-0.39, 0.29) is 42.4 Å². The zero-order valence-corrected chi connectivity index (χ0v) is 24.8. The molecule has 2 heterocycles. The Bertz CT molecular complexity index is 1270. The molecule has 1 N–H and O–H groups in total. The Labute approximate surface area is 252 Å². The molecule has 5 nitrogen and oxygen atoms in total. The van der Waals surface area contributed by atoms with Crippen molar-refractivity contribution in [1.29, 1.82) is 0 Å². The van der Waals surface area contributed by atoms with E-state index in [1.54, 1.807) is 17.9 Å². The second-order valence-electron chi connectivity index (χ2n) is 11.9. The van der Waals surface area contributed by atoms with Gasteiger partial charge < -0.3 is 19.5 Å². The number of aliphatic hydroxyl groups excluding tert-OH is 1. The van der Waals surface area contributed by atoms with Gasteiger partial charge in [-0.15, -0.1) is 0 Å². The van der Waals surface area contributed by atoms with Crippen LogP contribution in [0.25, 0.3) is 0 Å². The van der Waals surface area contributed by atoms with Gasteiger partial charge in [-0.1, -0.05) is 19.4 Å². The number of hydrogen-bond donors (Lipinski definition) is 1. The lowest BCUT2D eigenvalue weighted by Gasteiger charge is -2.41. The fourth-order valence-electron chi connectivity index (χ4n) is 6.34. The van der Waals surface area contributed by atoms with Crippen LogP contribution in [-0.2, 0) is 26.6 Å². The molecule has 0 bridgehead atoms. The molecule has 2 aromatic rings. The number of nitrogens with zero attached hydrogens (tertiary/aromatic N) is 1. The Balaban J connectivity index is 1.59. The summed E-state index contributed by atoms with van der Waals surface area (Å²) in [5, 5.41) is 10.0. The lowest BCUT2D eigenvalue weighted by Crippen LogP contribution is -2.42. The molecule has 0 radical (unpaired) electrons. The standard InChI is InChI=1S/C32H38F7NO4/c1-4-6-25(41)7-5-8-28(42)40-15-21-17-43-30(29(27(21)16-40)26-10-9-24(33)11-18(26)2)44-19(3)20-12-22(31(34,35)36)14-23(13-20)32(37,38)39/h9-14,19,21,25,27,29-30,41H,4-8,15-17H2,1-3H3/t19-,21+,25?,27-,29+,30-/m1/s1. The fourth-order valence-corrected chi connectivity index (χ4v) is 6.34. The number of benzene rings is 2. The Morgan fingerprint density at radius 1 is 1.05 bits per heavy atom. The minimum atomic E-state index is -5.01. The van der Waals surface area contributed by atoms with Gasteiger partial charge in [0.15, 0.2) is 6.29 Å². The summed E-state index contributed by atoms with van der Waals surface area (Å²) in [6.45, 7) is 5.93. The van der Waals surface area contributed by atoms with E-state index in [4.69, 9.17) is 9.47 Å². The van der Waals surface area contributed by atoms with E-state index in [2.05, 4.69) is 0 Å². The molecule has 0 aromatic heterocycles. The molecule has 2 aromatic carbocycles. The van der Waals surface area contributed by atoms with Crippen molar-refractivity contribution >= 4 is 5.91 Å². The average Bonchev–Trinajstić information content (AvgIpc) is 3.37. The topological polar surface area (TPSA) is 59.0 Å². The summed E-state index contributed by atoms with van der Waals surface area (Å²) >= 11 is 0. The average molecular weight is 634 g/mol. The lowest BCUT2D eigenvalue weighted by atomic mass is 9.76. The first-order valence-corrected chi connectivity index (χ1v) is 14.9. The first kappa shape index (κ1) is 34.2. The highest BCUT2D eigenvalue weighted by Gasteiger charge is 2.48. The minimum absolute atomic E-state index is 0.0667. The number of ether oxygens (including phenoxy) is 2. The van der Waals surface area contributed by atoms with Gasteiger partial charge in [0, 0.05) is 31.3 Å². The van der Waals surface area contributed by atoms with Crippen molar-refractivity contribution in [2.75, 3.05) is 19.7 Å². The lowest BCUT2D eigenvalue weighted by molar-refractivity contribution is -0.217. The molecular formula is C32H38F7NO4. The van der Waals surface area contributed by atoms with Crippen LogP contribution in [0.4, 0.5) is 30.7 Å². The molecule has 0 saturated carbocycles. The van der Waals surface area contributed by atoms with E-state index in [0.717, 1.165) is 6.42 Å². The molecule has 1 amide bonds. The molecule has 2 fully saturated rings. The number of halogens is 7. The molecule has 0 spiro atoms. The van der Waals surface area contributed by atoms with Gasteiger partial charge in [0.2, 0.25) is 5.91 Å². The van der Waals surface area contributed by atoms with Gasteiger partial charge in [0.25, 0.3) is 0 Å². The zero-order chi connectivity index (χ0) is 32.4. The summed E-state index contributed by atoms with van der Waals surface area (Å²) in [4.78, 5) is 14.8. The highest BCUT2D eigenvalue weighted by Crippen LogP contribution is 2.46. The van der Waals surface area contributed by atoms with E-state index in [1.807, 2.05) is 6.92 Å². The van der Waals surface area contributed by atoms with Crippen LogP contribution in [0.1, 0.15) is 85.8 Å². The maximum absolute atomic E-state index is 14.1. The summed E-state index contributed by atoms with van der Waals surface area (Å²) in [5.74, 6) is -1.45. The predicted octanol–water partition coefficient (Wildman–Crippen LogP) is 7.80. The molecular weight excluding hydrogens is 595 g/mol. The molecule has 1 unspecified atom stereocenters. The SMILES string of the molecule is CCCC(O)CCCC(=O)N1C[C@H]2CO[C@H](O[C@H](C)c3cc(C(F)(F)F)cc(C(F)(F)F)c3)[C@@H](c3ccc(F)cc3C)[C@@H]2C1. The van der Waals surface area contributed by atoms with Crippen LogP contribution in [0.3, 0.4) is 0 Å². The van der Waals surface area contributed by atoms with Crippen molar-refractivity contribution in [2.24, 2.45) is 11.8 Å². The smallest absolute Gasteiger partial charge is 0.393 e. The molecule has 44 heavy (non-hydrogen) atoms. The number of rotatable bonds is 10. The van der Waals surface area contributed by atoms with E-state index in [9.17, 15) is 40.6 Å². The second-order valence-corrected chi connectivity index (χ2v) is 11.9. The summed E-state index contributed by atoms with van der Waals surface area (Å²) in [7, 11) is 0. The van der Waals surface area contributed by atoms with E-state index in [0.29, 0.717) is 55.6 Å². The number of carbonyl (C=O) groups is 1. The second kappa shape index (κ2) is 13.7. The highest BCUT2D eigenvalue weighted by molar-refractivity contribution is 5.76. The van der Waals surface area contributed by atoms with E-state index < -0.39 is 53.7 Å². The Morgan fingerprint density at radius 3 is 2.30 bits per heavy atom.